The monoisotopic (exact) mass is 333 g/mol. The summed E-state index contributed by atoms with van der Waals surface area (Å²) in [7, 11) is 0. The van der Waals surface area contributed by atoms with Crippen LogP contribution in [-0.4, -0.2) is 46.5 Å². The highest BCUT2D eigenvalue weighted by atomic mass is 16.3. The van der Waals surface area contributed by atoms with E-state index in [1.54, 1.807) is 10.6 Å². The standard InChI is InChI=1S/C19H31N3O2/c1-3-20-10-9-17(13-18(20)23)21-11-12-22(15(2)14-21)19(24)16-7-5-4-6-8-16/h9-10,13,15-16,19,24H,3-8,11-12,14H2,1-2H3/t15-,19?/m1/s1. The lowest BCUT2D eigenvalue weighted by atomic mass is 9.87. The van der Waals surface area contributed by atoms with E-state index >= 15 is 0 Å². The molecular weight excluding hydrogens is 302 g/mol. The summed E-state index contributed by atoms with van der Waals surface area (Å²) < 4.78 is 1.72. The molecule has 2 atom stereocenters. The van der Waals surface area contributed by atoms with Gasteiger partial charge in [-0.1, -0.05) is 19.3 Å². The number of hydrogen-bond acceptors (Lipinski definition) is 4. The van der Waals surface area contributed by atoms with Crippen LogP contribution in [0.5, 0.6) is 0 Å². The van der Waals surface area contributed by atoms with Gasteiger partial charge < -0.3 is 14.6 Å². The Morgan fingerprint density at radius 3 is 2.62 bits per heavy atom. The number of rotatable bonds is 4. The molecule has 2 aliphatic rings. The van der Waals surface area contributed by atoms with Crippen LogP contribution in [0.4, 0.5) is 5.69 Å². The Bertz CT molecular complexity index is 595. The Kier molecular flexibility index (Phi) is 5.61. The minimum Gasteiger partial charge on any atom is -0.378 e. The zero-order valence-electron chi connectivity index (χ0n) is 15.0. The fourth-order valence-corrected chi connectivity index (χ4v) is 4.26. The molecule has 24 heavy (non-hydrogen) atoms. The Labute approximate surface area is 144 Å². The molecule has 0 amide bonds. The molecule has 2 heterocycles. The van der Waals surface area contributed by atoms with Gasteiger partial charge in [-0.05, 0) is 38.7 Å². The van der Waals surface area contributed by atoms with Gasteiger partial charge in [-0.3, -0.25) is 9.69 Å². The minimum atomic E-state index is -0.310. The van der Waals surface area contributed by atoms with Crippen LogP contribution < -0.4 is 10.5 Å². The Hall–Kier alpha value is -1.33. The molecule has 2 fully saturated rings. The van der Waals surface area contributed by atoms with E-state index in [1.807, 2.05) is 19.2 Å². The maximum absolute atomic E-state index is 12.1. The summed E-state index contributed by atoms with van der Waals surface area (Å²) in [6.07, 6.45) is 7.71. The van der Waals surface area contributed by atoms with Gasteiger partial charge in [-0.2, -0.15) is 0 Å². The first-order chi connectivity index (χ1) is 11.6. The van der Waals surface area contributed by atoms with Crippen molar-refractivity contribution < 1.29 is 5.11 Å². The van der Waals surface area contributed by atoms with Gasteiger partial charge in [-0.25, -0.2) is 0 Å². The zero-order chi connectivity index (χ0) is 17.1. The molecule has 0 aromatic carbocycles. The summed E-state index contributed by atoms with van der Waals surface area (Å²) in [6.45, 7) is 7.45. The molecule has 0 spiro atoms. The molecule has 1 saturated carbocycles. The van der Waals surface area contributed by atoms with Crippen molar-refractivity contribution in [3.05, 3.63) is 28.7 Å². The molecule has 1 aliphatic carbocycles. The van der Waals surface area contributed by atoms with Crippen LogP contribution in [-0.2, 0) is 6.54 Å². The number of nitrogens with zero attached hydrogens (tertiary/aromatic N) is 3. The number of aromatic nitrogens is 1. The Morgan fingerprint density at radius 2 is 2.00 bits per heavy atom. The molecule has 0 bridgehead atoms. The molecule has 5 nitrogen and oxygen atoms in total. The first-order valence-electron chi connectivity index (χ1n) is 9.49. The number of piperazine rings is 1. The van der Waals surface area contributed by atoms with E-state index in [4.69, 9.17) is 0 Å². The van der Waals surface area contributed by atoms with E-state index in [0.717, 1.165) is 38.2 Å². The van der Waals surface area contributed by atoms with Gasteiger partial charge in [0.2, 0.25) is 0 Å². The van der Waals surface area contributed by atoms with E-state index < -0.39 is 0 Å². The number of aryl methyl sites for hydroxylation is 1. The number of anilines is 1. The largest absolute Gasteiger partial charge is 0.378 e. The van der Waals surface area contributed by atoms with Crippen LogP contribution in [0.1, 0.15) is 46.0 Å². The average Bonchev–Trinajstić information content (AvgIpc) is 2.61. The van der Waals surface area contributed by atoms with Crippen LogP contribution in [0.15, 0.2) is 23.1 Å². The summed E-state index contributed by atoms with van der Waals surface area (Å²) in [5.41, 5.74) is 1.07. The van der Waals surface area contributed by atoms with Crippen molar-refractivity contribution in [2.45, 2.75) is 64.8 Å². The molecule has 1 aromatic rings. The number of hydrogen-bond donors (Lipinski definition) is 1. The predicted molar refractivity (Wildman–Crippen MR) is 97.3 cm³/mol. The highest BCUT2D eigenvalue weighted by molar-refractivity contribution is 5.45. The second kappa shape index (κ2) is 7.70. The predicted octanol–water partition coefficient (Wildman–Crippen LogP) is 2.28. The van der Waals surface area contributed by atoms with Crippen LogP contribution in [0.3, 0.4) is 0 Å². The van der Waals surface area contributed by atoms with Gasteiger partial charge >= 0.3 is 0 Å². The molecule has 1 aliphatic heterocycles. The quantitative estimate of drug-likeness (QED) is 0.918. The first-order valence-corrected chi connectivity index (χ1v) is 9.49. The fourth-order valence-electron chi connectivity index (χ4n) is 4.26. The molecule has 134 valence electrons. The van der Waals surface area contributed by atoms with E-state index in [9.17, 15) is 9.90 Å². The lowest BCUT2D eigenvalue weighted by Crippen LogP contribution is -2.57. The first kappa shape index (κ1) is 17.5. The molecular formula is C19H31N3O2. The molecule has 1 aromatic heterocycles. The van der Waals surface area contributed by atoms with Gasteiger partial charge in [0.05, 0.1) is 0 Å². The van der Waals surface area contributed by atoms with E-state index in [-0.39, 0.29) is 11.8 Å². The lowest BCUT2D eigenvalue weighted by molar-refractivity contribution is -0.0726. The molecule has 1 unspecified atom stereocenters. The summed E-state index contributed by atoms with van der Waals surface area (Å²) in [5, 5.41) is 10.8. The third-order valence-corrected chi connectivity index (χ3v) is 5.78. The second-order valence-corrected chi connectivity index (χ2v) is 7.35. The SMILES string of the molecule is CCn1ccc(N2CCN(C(O)C3CCCCC3)[C@H](C)C2)cc1=O. The minimum absolute atomic E-state index is 0.0623. The number of aliphatic hydroxyl groups excluding tert-OH is 1. The van der Waals surface area contributed by atoms with Crippen molar-refractivity contribution in [1.82, 2.24) is 9.47 Å². The normalized spacial score (nSPS) is 25.0. The molecule has 0 radical (unpaired) electrons. The third kappa shape index (κ3) is 3.67. The summed E-state index contributed by atoms with van der Waals surface area (Å²) in [6, 6.07) is 4.07. The van der Waals surface area contributed by atoms with E-state index in [2.05, 4.69) is 16.7 Å². The smallest absolute Gasteiger partial charge is 0.252 e. The van der Waals surface area contributed by atoms with Crippen molar-refractivity contribution in [2.75, 3.05) is 24.5 Å². The number of pyridine rings is 1. The van der Waals surface area contributed by atoms with Crippen molar-refractivity contribution >= 4 is 5.69 Å². The third-order valence-electron chi connectivity index (χ3n) is 5.78. The van der Waals surface area contributed by atoms with Gasteiger partial charge in [0.15, 0.2) is 0 Å². The van der Waals surface area contributed by atoms with Crippen molar-refractivity contribution in [1.29, 1.82) is 0 Å². The Morgan fingerprint density at radius 1 is 1.25 bits per heavy atom. The summed E-state index contributed by atoms with van der Waals surface area (Å²) >= 11 is 0. The van der Waals surface area contributed by atoms with Gasteiger partial charge in [0.25, 0.3) is 5.56 Å². The molecule has 3 rings (SSSR count). The molecule has 5 heteroatoms. The van der Waals surface area contributed by atoms with Gasteiger partial charge in [0.1, 0.15) is 6.23 Å². The highest BCUT2D eigenvalue weighted by Crippen LogP contribution is 2.30. The maximum atomic E-state index is 12.1. The van der Waals surface area contributed by atoms with E-state index in [1.165, 1.54) is 19.3 Å². The zero-order valence-corrected chi connectivity index (χ0v) is 15.0. The highest BCUT2D eigenvalue weighted by Gasteiger charge is 2.33. The van der Waals surface area contributed by atoms with Crippen LogP contribution in [0.25, 0.3) is 0 Å². The fraction of sp³-hybridized carbons (Fsp3) is 0.737. The van der Waals surface area contributed by atoms with Crippen LogP contribution >= 0.6 is 0 Å². The van der Waals surface area contributed by atoms with Crippen molar-refractivity contribution in [2.24, 2.45) is 5.92 Å². The van der Waals surface area contributed by atoms with Crippen LogP contribution in [0.2, 0.25) is 0 Å². The molecule has 1 saturated heterocycles. The Balaban J connectivity index is 1.64. The van der Waals surface area contributed by atoms with Crippen molar-refractivity contribution in [3.63, 3.8) is 0 Å². The average molecular weight is 333 g/mol. The molecule has 1 N–H and O–H groups in total. The van der Waals surface area contributed by atoms with Crippen molar-refractivity contribution in [3.8, 4) is 0 Å². The van der Waals surface area contributed by atoms with Crippen LogP contribution in [0, 0.1) is 5.92 Å². The summed E-state index contributed by atoms with van der Waals surface area (Å²) in [5.74, 6) is 0.432. The topological polar surface area (TPSA) is 48.7 Å². The number of aliphatic hydroxyl groups is 1. The van der Waals surface area contributed by atoms with Gasteiger partial charge in [-0.15, -0.1) is 0 Å². The second-order valence-electron chi connectivity index (χ2n) is 7.35. The lowest BCUT2D eigenvalue weighted by Gasteiger charge is -2.45. The maximum Gasteiger partial charge on any atom is 0.252 e. The summed E-state index contributed by atoms with van der Waals surface area (Å²) in [4.78, 5) is 16.6. The van der Waals surface area contributed by atoms with Gasteiger partial charge in [0, 0.05) is 50.2 Å². The van der Waals surface area contributed by atoms with E-state index in [0.29, 0.717) is 18.5 Å².